The van der Waals surface area contributed by atoms with Crippen molar-refractivity contribution in [3.05, 3.63) is 116 Å². The van der Waals surface area contributed by atoms with Crippen LogP contribution in [0.15, 0.2) is 88.5 Å². The van der Waals surface area contributed by atoms with Crippen LogP contribution in [-0.2, 0) is 25.4 Å². The Bertz CT molecular complexity index is 1860. The van der Waals surface area contributed by atoms with Crippen molar-refractivity contribution in [2.75, 3.05) is 6.61 Å². The van der Waals surface area contributed by atoms with Crippen molar-refractivity contribution < 1.29 is 9.90 Å². The smallest absolute Gasteiger partial charge is 0.331 e. The number of aliphatic hydroxyl groups excluding tert-OH is 1. The standard InChI is InChI=1S/C34H36N4O4/c1-36-30-26-14-8-9-15-28(26)38(31(30)33(41)37(2)34(36)42)20-22-16-18-25(19-17-22)29(24-12-6-7-13-24)32(40)35-27(21-39)23-10-4-3-5-11-23/h3-5,8-11,14-19,24,27,29,39H,6-7,12-13,20-21H2,1-2H3,(H,35,40)/t27-,29?/m0/s1. The first-order valence-electron chi connectivity index (χ1n) is 14.6. The van der Waals surface area contributed by atoms with Crippen molar-refractivity contribution >= 4 is 27.8 Å². The van der Waals surface area contributed by atoms with Crippen molar-refractivity contribution in [3.8, 4) is 0 Å². The molecule has 1 unspecified atom stereocenters. The molecule has 0 aliphatic heterocycles. The molecule has 8 heteroatoms. The summed E-state index contributed by atoms with van der Waals surface area (Å²) in [7, 11) is 3.21. The molecule has 0 saturated heterocycles. The molecule has 42 heavy (non-hydrogen) atoms. The van der Waals surface area contributed by atoms with Gasteiger partial charge in [0.25, 0.3) is 5.56 Å². The number of hydrogen-bond donors (Lipinski definition) is 2. The third kappa shape index (κ3) is 4.86. The number of hydrogen-bond acceptors (Lipinski definition) is 4. The van der Waals surface area contributed by atoms with Gasteiger partial charge in [-0.25, -0.2) is 4.79 Å². The molecule has 2 atom stereocenters. The van der Waals surface area contributed by atoms with Crippen LogP contribution < -0.4 is 16.6 Å². The number of aromatic nitrogens is 3. The molecule has 2 N–H and O–H groups in total. The normalized spacial score (nSPS) is 15.3. The summed E-state index contributed by atoms with van der Waals surface area (Å²) in [6.07, 6.45) is 4.22. The molecule has 1 aliphatic rings. The van der Waals surface area contributed by atoms with Gasteiger partial charge in [0.15, 0.2) is 0 Å². The van der Waals surface area contributed by atoms with E-state index < -0.39 is 6.04 Å². The molecular formula is C34H36N4O4. The number of fused-ring (bicyclic) bond motifs is 3. The van der Waals surface area contributed by atoms with Crippen molar-refractivity contribution in [2.24, 2.45) is 20.0 Å². The number of amides is 1. The fourth-order valence-corrected chi connectivity index (χ4v) is 6.69. The van der Waals surface area contributed by atoms with Crippen molar-refractivity contribution in [3.63, 3.8) is 0 Å². The molecule has 1 amide bonds. The van der Waals surface area contributed by atoms with E-state index in [4.69, 9.17) is 0 Å². The summed E-state index contributed by atoms with van der Waals surface area (Å²) in [5.41, 5.74) is 4.14. The van der Waals surface area contributed by atoms with Crippen LogP contribution in [0.5, 0.6) is 0 Å². The fraction of sp³-hybridized carbons (Fsp3) is 0.324. The second-order valence-corrected chi connectivity index (χ2v) is 11.4. The van der Waals surface area contributed by atoms with Gasteiger partial charge in [-0.2, -0.15) is 0 Å². The Labute approximate surface area is 243 Å². The van der Waals surface area contributed by atoms with E-state index in [2.05, 4.69) is 5.32 Å². The highest BCUT2D eigenvalue weighted by Crippen LogP contribution is 2.38. The van der Waals surface area contributed by atoms with Gasteiger partial charge in [0.05, 0.1) is 29.6 Å². The predicted octanol–water partition coefficient (Wildman–Crippen LogP) is 4.36. The van der Waals surface area contributed by atoms with Gasteiger partial charge in [0, 0.05) is 26.0 Å². The monoisotopic (exact) mass is 564 g/mol. The summed E-state index contributed by atoms with van der Waals surface area (Å²) in [6, 6.07) is 25.0. The second-order valence-electron chi connectivity index (χ2n) is 11.4. The molecule has 2 heterocycles. The maximum absolute atomic E-state index is 13.7. The SMILES string of the molecule is Cn1c(=O)c2c(c3ccccc3n2Cc2ccc(C(C(=O)N[C@@H](CO)c3ccccc3)C3CCCC3)cc2)n(C)c1=O. The van der Waals surface area contributed by atoms with E-state index in [0.717, 1.165) is 57.8 Å². The minimum Gasteiger partial charge on any atom is -0.394 e. The zero-order valence-corrected chi connectivity index (χ0v) is 24.0. The Hall–Kier alpha value is -4.43. The molecule has 1 fully saturated rings. The highest BCUT2D eigenvalue weighted by molar-refractivity contribution is 6.05. The highest BCUT2D eigenvalue weighted by atomic mass is 16.3. The zero-order valence-electron chi connectivity index (χ0n) is 24.0. The summed E-state index contributed by atoms with van der Waals surface area (Å²) in [5, 5.41) is 14.0. The molecule has 5 aromatic rings. The van der Waals surface area contributed by atoms with Crippen LogP contribution in [0.4, 0.5) is 0 Å². The van der Waals surface area contributed by atoms with Crippen LogP contribution in [0.1, 0.15) is 54.3 Å². The molecule has 216 valence electrons. The minimum atomic E-state index is -0.462. The first-order chi connectivity index (χ1) is 20.4. The lowest BCUT2D eigenvalue weighted by Crippen LogP contribution is -2.37. The average Bonchev–Trinajstić information content (AvgIpc) is 3.66. The number of carbonyl (C=O) groups excluding carboxylic acids is 1. The van der Waals surface area contributed by atoms with E-state index in [-0.39, 0.29) is 35.6 Å². The first kappa shape index (κ1) is 27.7. The Balaban J connectivity index is 1.34. The Morgan fingerprint density at radius 3 is 2.21 bits per heavy atom. The van der Waals surface area contributed by atoms with Gasteiger partial charge in [-0.05, 0) is 41.5 Å². The topological polar surface area (TPSA) is 98.3 Å². The maximum atomic E-state index is 13.7. The van der Waals surface area contributed by atoms with Gasteiger partial charge in [0.2, 0.25) is 5.91 Å². The molecule has 3 aromatic carbocycles. The summed E-state index contributed by atoms with van der Waals surface area (Å²) in [4.78, 5) is 39.8. The Kier molecular flexibility index (Phi) is 7.56. The quantitative estimate of drug-likeness (QED) is 0.293. The Morgan fingerprint density at radius 2 is 1.52 bits per heavy atom. The molecule has 0 radical (unpaired) electrons. The number of rotatable bonds is 8. The number of para-hydroxylation sites is 1. The second kappa shape index (κ2) is 11.4. The van der Waals surface area contributed by atoms with E-state index in [1.54, 1.807) is 11.6 Å². The molecule has 0 bridgehead atoms. The summed E-state index contributed by atoms with van der Waals surface area (Å²) < 4.78 is 4.67. The average molecular weight is 565 g/mol. The fourth-order valence-electron chi connectivity index (χ4n) is 6.69. The van der Waals surface area contributed by atoms with Crippen LogP contribution in [0.25, 0.3) is 21.9 Å². The predicted molar refractivity (Wildman–Crippen MR) is 165 cm³/mol. The van der Waals surface area contributed by atoms with E-state index in [9.17, 15) is 19.5 Å². The molecule has 1 saturated carbocycles. The van der Waals surface area contributed by atoms with Crippen molar-refractivity contribution in [1.29, 1.82) is 0 Å². The highest BCUT2D eigenvalue weighted by Gasteiger charge is 2.33. The lowest BCUT2D eigenvalue weighted by atomic mass is 9.83. The van der Waals surface area contributed by atoms with Gasteiger partial charge in [-0.1, -0.05) is 85.6 Å². The molecule has 6 rings (SSSR count). The van der Waals surface area contributed by atoms with Gasteiger partial charge in [-0.3, -0.25) is 18.7 Å². The van der Waals surface area contributed by atoms with Crippen LogP contribution in [0, 0.1) is 5.92 Å². The summed E-state index contributed by atoms with van der Waals surface area (Å²) in [6.45, 7) is 0.272. The third-order valence-electron chi connectivity index (χ3n) is 8.89. The molecule has 0 spiro atoms. The summed E-state index contributed by atoms with van der Waals surface area (Å²) >= 11 is 0. The van der Waals surface area contributed by atoms with Crippen LogP contribution in [-0.4, -0.2) is 31.3 Å². The molecule has 1 aliphatic carbocycles. The third-order valence-corrected chi connectivity index (χ3v) is 8.89. The Morgan fingerprint density at radius 1 is 0.857 bits per heavy atom. The zero-order chi connectivity index (χ0) is 29.4. The van der Waals surface area contributed by atoms with Crippen LogP contribution in [0.3, 0.4) is 0 Å². The number of carbonyl (C=O) groups is 1. The number of aryl methyl sites for hydroxylation is 1. The number of nitrogens with one attached hydrogen (secondary N) is 1. The van der Waals surface area contributed by atoms with Gasteiger partial charge < -0.3 is 15.0 Å². The van der Waals surface area contributed by atoms with E-state index in [0.29, 0.717) is 17.6 Å². The number of benzene rings is 3. The van der Waals surface area contributed by atoms with Gasteiger partial charge in [-0.15, -0.1) is 0 Å². The number of aliphatic hydroxyl groups is 1. The first-order valence-corrected chi connectivity index (χ1v) is 14.6. The van der Waals surface area contributed by atoms with E-state index in [1.807, 2.05) is 83.4 Å². The maximum Gasteiger partial charge on any atom is 0.331 e. The van der Waals surface area contributed by atoms with Crippen molar-refractivity contribution in [1.82, 2.24) is 19.0 Å². The van der Waals surface area contributed by atoms with E-state index >= 15 is 0 Å². The lowest BCUT2D eigenvalue weighted by molar-refractivity contribution is -0.124. The van der Waals surface area contributed by atoms with E-state index in [1.165, 1.54) is 7.05 Å². The molecule has 8 nitrogen and oxygen atoms in total. The van der Waals surface area contributed by atoms with Crippen LogP contribution in [0.2, 0.25) is 0 Å². The van der Waals surface area contributed by atoms with Crippen molar-refractivity contribution in [2.45, 2.75) is 44.2 Å². The molecule has 2 aromatic heterocycles. The minimum absolute atomic E-state index is 0.0654. The number of nitrogens with zero attached hydrogens (tertiary/aromatic N) is 3. The van der Waals surface area contributed by atoms with Gasteiger partial charge in [0.1, 0.15) is 5.52 Å². The van der Waals surface area contributed by atoms with Gasteiger partial charge >= 0.3 is 5.69 Å². The van der Waals surface area contributed by atoms with Crippen LogP contribution >= 0.6 is 0 Å². The lowest BCUT2D eigenvalue weighted by Gasteiger charge is -2.26. The largest absolute Gasteiger partial charge is 0.394 e. The molecular weight excluding hydrogens is 528 g/mol. The summed E-state index contributed by atoms with van der Waals surface area (Å²) in [5.74, 6) is -0.133.